The fraction of sp³-hybridized carbons (Fsp3) is 0.323. The molecule has 0 aromatic heterocycles. The van der Waals surface area contributed by atoms with Gasteiger partial charge in [-0.15, -0.1) is 0 Å². The molecule has 0 fully saturated rings. The highest BCUT2D eigenvalue weighted by molar-refractivity contribution is 5.99. The number of benzene rings is 3. The number of unbranched alkanes of at least 4 members (excludes halogenated alkanes) is 1. The van der Waals surface area contributed by atoms with Crippen LogP contribution in [-0.4, -0.2) is 35.4 Å². The van der Waals surface area contributed by atoms with Crippen LogP contribution in [0.4, 0.5) is 0 Å². The number of hydrogen-bond donors (Lipinski definition) is 2. The van der Waals surface area contributed by atoms with Gasteiger partial charge in [0.15, 0.2) is 5.78 Å². The van der Waals surface area contributed by atoms with Crippen LogP contribution >= 0.6 is 0 Å². The molecule has 0 aliphatic rings. The van der Waals surface area contributed by atoms with E-state index in [2.05, 4.69) is 36.5 Å². The predicted molar refractivity (Wildman–Crippen MR) is 144 cm³/mol. The van der Waals surface area contributed by atoms with E-state index in [9.17, 15) is 14.4 Å². The molecule has 0 saturated carbocycles. The SMILES string of the molecule is CCCCc1ccc(-c2ccc(C(=O)C[C@H](COCc3ccccc3)C(=O)N[C@H](C)C(=O)O)cc2)cc1. The zero-order valence-corrected chi connectivity index (χ0v) is 21.5. The molecule has 2 N–H and O–H groups in total. The molecule has 0 saturated heterocycles. The summed E-state index contributed by atoms with van der Waals surface area (Å²) in [4.78, 5) is 37.0. The van der Waals surface area contributed by atoms with E-state index in [1.165, 1.54) is 18.9 Å². The third kappa shape index (κ3) is 8.69. The van der Waals surface area contributed by atoms with Gasteiger partial charge >= 0.3 is 5.97 Å². The van der Waals surface area contributed by atoms with Crippen LogP contribution in [0.5, 0.6) is 0 Å². The fourth-order valence-electron chi connectivity index (χ4n) is 3.95. The molecule has 6 heteroatoms. The van der Waals surface area contributed by atoms with Crippen LogP contribution in [0.2, 0.25) is 0 Å². The summed E-state index contributed by atoms with van der Waals surface area (Å²) in [6.07, 6.45) is 3.32. The minimum absolute atomic E-state index is 0.00126. The van der Waals surface area contributed by atoms with Gasteiger partial charge in [-0.25, -0.2) is 0 Å². The lowest BCUT2D eigenvalue weighted by atomic mass is 9.95. The highest BCUT2D eigenvalue weighted by Crippen LogP contribution is 2.22. The number of carboxylic acids is 1. The van der Waals surface area contributed by atoms with Gasteiger partial charge in [-0.05, 0) is 42.0 Å². The number of rotatable bonds is 14. The van der Waals surface area contributed by atoms with E-state index in [1.807, 2.05) is 42.5 Å². The van der Waals surface area contributed by atoms with Gasteiger partial charge in [0.25, 0.3) is 0 Å². The minimum atomic E-state index is -1.14. The van der Waals surface area contributed by atoms with Gasteiger partial charge in [-0.2, -0.15) is 0 Å². The Kier molecular flexibility index (Phi) is 10.6. The van der Waals surface area contributed by atoms with Crippen LogP contribution in [0.15, 0.2) is 78.9 Å². The zero-order chi connectivity index (χ0) is 26.6. The molecule has 0 spiro atoms. The maximum Gasteiger partial charge on any atom is 0.325 e. The van der Waals surface area contributed by atoms with Crippen LogP contribution in [0, 0.1) is 5.92 Å². The number of amides is 1. The molecule has 0 bridgehead atoms. The van der Waals surface area contributed by atoms with Crippen molar-refractivity contribution in [1.29, 1.82) is 0 Å². The van der Waals surface area contributed by atoms with Crippen LogP contribution in [0.1, 0.15) is 54.6 Å². The average molecular weight is 502 g/mol. The molecule has 0 aliphatic heterocycles. The van der Waals surface area contributed by atoms with Gasteiger partial charge in [0.1, 0.15) is 6.04 Å². The van der Waals surface area contributed by atoms with Gasteiger partial charge in [0.2, 0.25) is 5.91 Å². The number of aliphatic carboxylic acids is 1. The second-order valence-electron chi connectivity index (χ2n) is 9.27. The number of hydrogen-bond acceptors (Lipinski definition) is 4. The maximum atomic E-state index is 13.1. The lowest BCUT2D eigenvalue weighted by molar-refractivity contribution is -0.142. The quantitative estimate of drug-likeness (QED) is 0.277. The standard InChI is InChI=1S/C31H35NO5/c1-3-4-8-23-11-13-25(14-12-23)26-15-17-27(18-16-26)29(33)19-28(30(34)32-22(2)31(35)36)21-37-20-24-9-6-5-7-10-24/h5-7,9-18,22,28H,3-4,8,19-21H2,1-2H3,(H,32,34)(H,35,36)/t22-,28-/m1/s1. The minimum Gasteiger partial charge on any atom is -0.480 e. The first-order valence-corrected chi connectivity index (χ1v) is 12.7. The van der Waals surface area contributed by atoms with Crippen molar-refractivity contribution in [1.82, 2.24) is 5.32 Å². The molecule has 3 aromatic rings. The second kappa shape index (κ2) is 14.1. The zero-order valence-electron chi connectivity index (χ0n) is 21.5. The average Bonchev–Trinajstić information content (AvgIpc) is 2.92. The Balaban J connectivity index is 1.65. The van der Waals surface area contributed by atoms with Crippen LogP contribution in [0.3, 0.4) is 0 Å². The summed E-state index contributed by atoms with van der Waals surface area (Å²) < 4.78 is 5.73. The third-order valence-corrected chi connectivity index (χ3v) is 6.28. The molecular formula is C31H35NO5. The van der Waals surface area contributed by atoms with E-state index in [4.69, 9.17) is 9.84 Å². The summed E-state index contributed by atoms with van der Waals surface area (Å²) in [5.41, 5.74) is 4.84. The molecular weight excluding hydrogens is 466 g/mol. The molecule has 37 heavy (non-hydrogen) atoms. The lowest BCUT2D eigenvalue weighted by Crippen LogP contribution is -2.43. The van der Waals surface area contributed by atoms with E-state index < -0.39 is 23.8 Å². The van der Waals surface area contributed by atoms with E-state index >= 15 is 0 Å². The molecule has 2 atom stereocenters. The van der Waals surface area contributed by atoms with E-state index in [0.29, 0.717) is 12.2 Å². The summed E-state index contributed by atoms with van der Waals surface area (Å²) in [7, 11) is 0. The molecule has 1 amide bonds. The van der Waals surface area contributed by atoms with Gasteiger partial charge in [-0.1, -0.05) is 92.2 Å². The van der Waals surface area contributed by atoms with E-state index in [1.54, 1.807) is 12.1 Å². The normalized spacial score (nSPS) is 12.5. The largest absolute Gasteiger partial charge is 0.480 e. The van der Waals surface area contributed by atoms with Crippen LogP contribution in [0.25, 0.3) is 11.1 Å². The van der Waals surface area contributed by atoms with Gasteiger partial charge in [0, 0.05) is 12.0 Å². The molecule has 0 radical (unpaired) electrons. The van der Waals surface area contributed by atoms with Crippen molar-refractivity contribution < 1.29 is 24.2 Å². The molecule has 0 aliphatic carbocycles. The summed E-state index contributed by atoms with van der Waals surface area (Å²) in [5.74, 6) is -2.67. The second-order valence-corrected chi connectivity index (χ2v) is 9.27. The molecule has 3 aromatic carbocycles. The molecule has 6 nitrogen and oxygen atoms in total. The Labute approximate surface area is 218 Å². The Morgan fingerprint density at radius 3 is 2.08 bits per heavy atom. The first-order valence-electron chi connectivity index (χ1n) is 12.7. The smallest absolute Gasteiger partial charge is 0.325 e. The first-order chi connectivity index (χ1) is 17.9. The van der Waals surface area contributed by atoms with Crippen LogP contribution < -0.4 is 5.32 Å². The van der Waals surface area contributed by atoms with E-state index in [-0.39, 0.29) is 18.8 Å². The Bertz CT molecular complexity index is 1160. The van der Waals surface area contributed by atoms with E-state index in [0.717, 1.165) is 29.5 Å². The van der Waals surface area contributed by atoms with Gasteiger partial charge < -0.3 is 15.2 Å². The number of Topliss-reactive ketones (excluding diaryl/α,β-unsaturated/α-hetero) is 1. The molecule has 0 unspecified atom stereocenters. The van der Waals surface area contributed by atoms with Crippen molar-refractivity contribution in [3.8, 4) is 11.1 Å². The Morgan fingerprint density at radius 2 is 1.49 bits per heavy atom. The number of ketones is 1. The third-order valence-electron chi connectivity index (χ3n) is 6.28. The summed E-state index contributed by atoms with van der Waals surface area (Å²) in [5, 5.41) is 11.6. The summed E-state index contributed by atoms with van der Waals surface area (Å²) >= 11 is 0. The first kappa shape index (κ1) is 27.8. The highest BCUT2D eigenvalue weighted by Gasteiger charge is 2.26. The van der Waals surface area contributed by atoms with Gasteiger partial charge in [0.05, 0.1) is 19.1 Å². The molecule has 194 valence electrons. The van der Waals surface area contributed by atoms with Crippen LogP contribution in [-0.2, 0) is 27.4 Å². The number of ether oxygens (including phenoxy) is 1. The molecule has 0 heterocycles. The maximum absolute atomic E-state index is 13.1. The number of nitrogens with one attached hydrogen (secondary N) is 1. The molecule has 3 rings (SSSR count). The number of carboxylic acid groups (broad SMARTS) is 1. The number of carbonyl (C=O) groups excluding carboxylic acids is 2. The van der Waals surface area contributed by atoms with Crippen molar-refractivity contribution >= 4 is 17.7 Å². The Morgan fingerprint density at radius 1 is 0.865 bits per heavy atom. The van der Waals surface area contributed by atoms with Crippen molar-refractivity contribution in [2.45, 2.75) is 52.2 Å². The fourth-order valence-corrected chi connectivity index (χ4v) is 3.95. The summed E-state index contributed by atoms with van der Waals surface area (Å²) in [6, 6.07) is 24.3. The summed E-state index contributed by atoms with van der Waals surface area (Å²) in [6.45, 7) is 3.86. The topological polar surface area (TPSA) is 92.7 Å². The van der Waals surface area contributed by atoms with Crippen molar-refractivity contribution in [2.24, 2.45) is 5.92 Å². The van der Waals surface area contributed by atoms with Crippen molar-refractivity contribution in [2.75, 3.05) is 6.61 Å². The van der Waals surface area contributed by atoms with Gasteiger partial charge in [-0.3, -0.25) is 14.4 Å². The van der Waals surface area contributed by atoms with Crippen molar-refractivity contribution in [3.05, 3.63) is 95.6 Å². The monoisotopic (exact) mass is 501 g/mol. The van der Waals surface area contributed by atoms with Crippen molar-refractivity contribution in [3.63, 3.8) is 0 Å². The number of carbonyl (C=O) groups is 3. The predicted octanol–water partition coefficient (Wildman–Crippen LogP) is 5.69. The lowest BCUT2D eigenvalue weighted by Gasteiger charge is -2.18. The number of aryl methyl sites for hydroxylation is 1. The Hall–Kier alpha value is -3.77. The highest BCUT2D eigenvalue weighted by atomic mass is 16.5.